The van der Waals surface area contributed by atoms with Crippen molar-refractivity contribution < 1.29 is 4.79 Å². The van der Waals surface area contributed by atoms with Crippen LogP contribution >= 0.6 is 36.2 Å². The van der Waals surface area contributed by atoms with Crippen LogP contribution in [0.15, 0.2) is 24.0 Å². The Balaban J connectivity index is 0.00000121. The van der Waals surface area contributed by atoms with Crippen molar-refractivity contribution in [1.82, 2.24) is 25.2 Å². The van der Waals surface area contributed by atoms with Crippen LogP contribution in [-0.4, -0.2) is 51.9 Å². The lowest BCUT2D eigenvalue weighted by atomic mass is 9.78. The number of carbonyl (C=O) groups excluding carboxylic acids is 1. The number of aromatic nitrogens is 3. The van der Waals surface area contributed by atoms with E-state index in [0.29, 0.717) is 11.8 Å². The molecule has 2 aromatic heterocycles. The molecule has 0 aromatic carbocycles. The molecule has 4 rings (SSSR count). The molecule has 0 saturated carbocycles. The van der Waals surface area contributed by atoms with E-state index in [2.05, 4.69) is 20.3 Å². The van der Waals surface area contributed by atoms with Gasteiger partial charge in [-0.25, -0.2) is 4.98 Å². The monoisotopic (exact) mass is 415 g/mol. The molecule has 2 aliphatic heterocycles. The fraction of sp³-hybridized carbons (Fsp3) is 0.529. The standard InChI is InChI=1S/C17H21N5OS.2ClH/c23-15(22-7-2-17(3-8-22)1-4-19-12-17)9-13-11-24-16(21-13)14-10-18-5-6-20-14;;/h5-6,10-11,19H,1-4,7-9,12H2;2*1H. The van der Waals surface area contributed by atoms with E-state index in [0.717, 1.165) is 55.4 Å². The van der Waals surface area contributed by atoms with E-state index in [1.807, 2.05) is 10.3 Å². The smallest absolute Gasteiger partial charge is 0.228 e. The molecule has 4 heterocycles. The van der Waals surface area contributed by atoms with E-state index in [1.54, 1.807) is 18.6 Å². The first-order valence-corrected chi connectivity index (χ1v) is 9.31. The number of thiazole rings is 1. The van der Waals surface area contributed by atoms with E-state index < -0.39 is 0 Å². The number of carbonyl (C=O) groups is 1. The summed E-state index contributed by atoms with van der Waals surface area (Å²) < 4.78 is 0. The third-order valence-electron chi connectivity index (χ3n) is 5.18. The van der Waals surface area contributed by atoms with Gasteiger partial charge in [-0.15, -0.1) is 36.2 Å². The van der Waals surface area contributed by atoms with Crippen molar-refractivity contribution in [2.24, 2.45) is 5.41 Å². The van der Waals surface area contributed by atoms with Gasteiger partial charge in [0.15, 0.2) is 0 Å². The van der Waals surface area contributed by atoms with Gasteiger partial charge in [0, 0.05) is 37.4 Å². The summed E-state index contributed by atoms with van der Waals surface area (Å²) in [6, 6.07) is 0. The summed E-state index contributed by atoms with van der Waals surface area (Å²) in [4.78, 5) is 27.4. The lowest BCUT2D eigenvalue weighted by Crippen LogP contribution is -2.44. The van der Waals surface area contributed by atoms with Crippen molar-refractivity contribution in [3.8, 4) is 10.7 Å². The van der Waals surface area contributed by atoms with Crippen molar-refractivity contribution in [2.45, 2.75) is 25.7 Å². The second kappa shape index (κ2) is 9.08. The van der Waals surface area contributed by atoms with E-state index in [9.17, 15) is 4.79 Å². The van der Waals surface area contributed by atoms with Gasteiger partial charge in [-0.3, -0.25) is 14.8 Å². The first-order chi connectivity index (χ1) is 11.7. The summed E-state index contributed by atoms with van der Waals surface area (Å²) in [6.45, 7) is 3.99. The molecule has 0 radical (unpaired) electrons. The molecule has 142 valence electrons. The summed E-state index contributed by atoms with van der Waals surface area (Å²) in [5.41, 5.74) is 2.03. The number of nitrogens with one attached hydrogen (secondary N) is 1. The van der Waals surface area contributed by atoms with E-state index >= 15 is 0 Å². The number of nitrogens with zero attached hydrogens (tertiary/aromatic N) is 4. The van der Waals surface area contributed by atoms with Crippen molar-refractivity contribution in [1.29, 1.82) is 0 Å². The van der Waals surface area contributed by atoms with Gasteiger partial charge in [0.1, 0.15) is 10.7 Å². The molecule has 2 saturated heterocycles. The Morgan fingerprint density at radius 2 is 2.04 bits per heavy atom. The van der Waals surface area contributed by atoms with Crippen LogP contribution in [0.5, 0.6) is 0 Å². The third-order valence-corrected chi connectivity index (χ3v) is 6.09. The summed E-state index contributed by atoms with van der Waals surface area (Å²) >= 11 is 1.51. The van der Waals surface area contributed by atoms with Gasteiger partial charge in [-0.1, -0.05) is 0 Å². The highest BCUT2D eigenvalue weighted by Crippen LogP contribution is 2.37. The second-order valence-electron chi connectivity index (χ2n) is 6.72. The zero-order valence-electron chi connectivity index (χ0n) is 14.4. The second-order valence-corrected chi connectivity index (χ2v) is 7.58. The van der Waals surface area contributed by atoms with Gasteiger partial charge in [-0.2, -0.15) is 0 Å². The lowest BCUT2D eigenvalue weighted by Gasteiger charge is -2.38. The minimum Gasteiger partial charge on any atom is -0.342 e. The first kappa shape index (κ1) is 21.0. The van der Waals surface area contributed by atoms with Gasteiger partial charge in [0.05, 0.1) is 18.3 Å². The van der Waals surface area contributed by atoms with Crippen LogP contribution in [0.25, 0.3) is 10.7 Å². The number of hydrogen-bond donors (Lipinski definition) is 1. The number of hydrogen-bond acceptors (Lipinski definition) is 6. The Kier molecular flexibility index (Phi) is 7.34. The minimum atomic E-state index is 0. The average molecular weight is 416 g/mol. The molecular weight excluding hydrogens is 393 g/mol. The predicted octanol–water partition coefficient (Wildman–Crippen LogP) is 2.59. The molecule has 1 amide bonds. The van der Waals surface area contributed by atoms with Crippen molar-refractivity contribution in [2.75, 3.05) is 26.2 Å². The molecule has 0 atom stereocenters. The highest BCUT2D eigenvalue weighted by Gasteiger charge is 2.37. The average Bonchev–Trinajstić information content (AvgIpc) is 3.26. The van der Waals surface area contributed by atoms with Crippen LogP contribution in [0.1, 0.15) is 25.0 Å². The molecule has 26 heavy (non-hydrogen) atoms. The molecule has 0 aliphatic carbocycles. The zero-order chi connectivity index (χ0) is 16.4. The van der Waals surface area contributed by atoms with Crippen LogP contribution < -0.4 is 5.32 Å². The Morgan fingerprint density at radius 3 is 2.69 bits per heavy atom. The van der Waals surface area contributed by atoms with Gasteiger partial charge < -0.3 is 10.2 Å². The molecule has 9 heteroatoms. The maximum Gasteiger partial charge on any atom is 0.228 e. The van der Waals surface area contributed by atoms with Gasteiger partial charge in [-0.05, 0) is 31.2 Å². The largest absolute Gasteiger partial charge is 0.342 e. The van der Waals surface area contributed by atoms with E-state index in [-0.39, 0.29) is 30.7 Å². The van der Waals surface area contributed by atoms with Gasteiger partial charge in [0.25, 0.3) is 0 Å². The number of rotatable bonds is 3. The van der Waals surface area contributed by atoms with Crippen LogP contribution in [0.3, 0.4) is 0 Å². The Bertz CT molecular complexity index is 711. The topological polar surface area (TPSA) is 71.0 Å². The number of piperidine rings is 1. The summed E-state index contributed by atoms with van der Waals surface area (Å²) in [5, 5.41) is 6.23. The van der Waals surface area contributed by atoms with E-state index in [4.69, 9.17) is 0 Å². The summed E-state index contributed by atoms with van der Waals surface area (Å²) in [6.07, 6.45) is 8.86. The third kappa shape index (κ3) is 4.52. The SMILES string of the molecule is Cl.Cl.O=C(Cc1csc(-c2cnccn2)n1)N1CCC2(CCNC2)CC1. The van der Waals surface area contributed by atoms with Gasteiger partial charge >= 0.3 is 0 Å². The highest BCUT2D eigenvalue weighted by atomic mass is 35.5. The molecule has 1 spiro atoms. The molecule has 0 bridgehead atoms. The Labute approximate surface area is 169 Å². The predicted molar refractivity (Wildman–Crippen MR) is 107 cm³/mol. The summed E-state index contributed by atoms with van der Waals surface area (Å²) in [7, 11) is 0. The van der Waals surface area contributed by atoms with Crippen LogP contribution in [0.4, 0.5) is 0 Å². The molecular formula is C17H23Cl2N5OS. The van der Waals surface area contributed by atoms with Crippen LogP contribution in [0.2, 0.25) is 0 Å². The first-order valence-electron chi connectivity index (χ1n) is 8.43. The van der Waals surface area contributed by atoms with E-state index in [1.165, 1.54) is 17.8 Å². The Hall–Kier alpha value is -1.28. The minimum absolute atomic E-state index is 0. The zero-order valence-corrected chi connectivity index (χ0v) is 16.8. The fourth-order valence-electron chi connectivity index (χ4n) is 3.63. The molecule has 6 nitrogen and oxygen atoms in total. The number of amides is 1. The Morgan fingerprint density at radius 1 is 1.23 bits per heavy atom. The number of halogens is 2. The maximum atomic E-state index is 12.6. The number of likely N-dealkylation sites (tertiary alicyclic amines) is 1. The van der Waals surface area contributed by atoms with Crippen molar-refractivity contribution in [3.05, 3.63) is 29.7 Å². The van der Waals surface area contributed by atoms with Gasteiger partial charge in [0.2, 0.25) is 5.91 Å². The highest BCUT2D eigenvalue weighted by molar-refractivity contribution is 7.13. The van der Waals surface area contributed by atoms with Crippen LogP contribution in [-0.2, 0) is 11.2 Å². The molecule has 1 N–H and O–H groups in total. The summed E-state index contributed by atoms with van der Waals surface area (Å²) in [5.74, 6) is 0.187. The molecule has 2 aliphatic rings. The molecule has 2 fully saturated rings. The molecule has 0 unspecified atom stereocenters. The van der Waals surface area contributed by atoms with Crippen LogP contribution in [0, 0.1) is 5.41 Å². The van der Waals surface area contributed by atoms with Crippen molar-refractivity contribution in [3.63, 3.8) is 0 Å². The lowest BCUT2D eigenvalue weighted by molar-refractivity contribution is -0.132. The normalized spacial score (nSPS) is 18.2. The quantitative estimate of drug-likeness (QED) is 0.833. The fourth-order valence-corrected chi connectivity index (χ4v) is 4.41. The molecule has 2 aromatic rings. The van der Waals surface area contributed by atoms with Crippen molar-refractivity contribution >= 4 is 42.1 Å². The maximum absolute atomic E-state index is 12.6.